The second kappa shape index (κ2) is 6.62. The number of carbonyl (C=O) groups excluding carboxylic acids is 3. The summed E-state index contributed by atoms with van der Waals surface area (Å²) in [6, 6.07) is 9.69. The van der Waals surface area contributed by atoms with Gasteiger partial charge < -0.3 is 10.6 Å². The van der Waals surface area contributed by atoms with Gasteiger partial charge in [-0.3, -0.25) is 14.4 Å². The lowest BCUT2D eigenvalue weighted by molar-refractivity contribution is -0.114. The first-order valence-electron chi connectivity index (χ1n) is 6.61. The van der Waals surface area contributed by atoms with Gasteiger partial charge in [0.15, 0.2) is 5.78 Å². The lowest BCUT2D eigenvalue weighted by Gasteiger charge is -2.07. The molecule has 0 aliphatic heterocycles. The fourth-order valence-corrected chi connectivity index (χ4v) is 1.84. The average molecular weight is 297 g/mol. The number of hydrogen-bond acceptors (Lipinski definition) is 4. The van der Waals surface area contributed by atoms with E-state index < -0.39 is 0 Å². The van der Waals surface area contributed by atoms with Crippen LogP contribution in [0.5, 0.6) is 0 Å². The van der Waals surface area contributed by atoms with Crippen LogP contribution >= 0.6 is 0 Å². The van der Waals surface area contributed by atoms with Crippen molar-refractivity contribution in [2.75, 3.05) is 10.6 Å². The zero-order chi connectivity index (χ0) is 16.1. The Balaban J connectivity index is 2.17. The molecular weight excluding hydrogens is 282 g/mol. The predicted molar refractivity (Wildman–Crippen MR) is 82.9 cm³/mol. The monoisotopic (exact) mass is 297 g/mol. The maximum Gasteiger partial charge on any atom is 0.255 e. The maximum absolute atomic E-state index is 12.2. The zero-order valence-corrected chi connectivity index (χ0v) is 12.2. The Morgan fingerprint density at radius 1 is 0.955 bits per heavy atom. The molecule has 0 saturated heterocycles. The third-order valence-electron chi connectivity index (χ3n) is 2.85. The van der Waals surface area contributed by atoms with Crippen molar-refractivity contribution < 1.29 is 14.4 Å². The van der Waals surface area contributed by atoms with Crippen molar-refractivity contribution in [3.05, 3.63) is 53.7 Å². The molecule has 0 bridgehead atoms. The second-order valence-corrected chi connectivity index (χ2v) is 4.70. The van der Waals surface area contributed by atoms with Crippen LogP contribution in [0.15, 0.2) is 42.6 Å². The van der Waals surface area contributed by atoms with E-state index in [2.05, 4.69) is 15.6 Å². The van der Waals surface area contributed by atoms with E-state index in [1.165, 1.54) is 32.2 Å². The van der Waals surface area contributed by atoms with E-state index in [0.717, 1.165) is 0 Å². The Hall–Kier alpha value is -3.02. The first kappa shape index (κ1) is 15.4. The number of benzene rings is 1. The van der Waals surface area contributed by atoms with Gasteiger partial charge >= 0.3 is 0 Å². The molecule has 1 aromatic carbocycles. The van der Waals surface area contributed by atoms with Crippen molar-refractivity contribution >= 4 is 29.1 Å². The van der Waals surface area contributed by atoms with Gasteiger partial charge in [0, 0.05) is 29.9 Å². The van der Waals surface area contributed by atoms with Gasteiger partial charge in [0.05, 0.1) is 0 Å². The maximum atomic E-state index is 12.2. The van der Waals surface area contributed by atoms with E-state index in [0.29, 0.717) is 22.6 Å². The fraction of sp³-hybridized carbons (Fsp3) is 0.125. The van der Waals surface area contributed by atoms with Crippen LogP contribution in [0, 0.1) is 0 Å². The molecule has 0 aliphatic rings. The average Bonchev–Trinajstić information content (AvgIpc) is 2.47. The Morgan fingerprint density at radius 2 is 1.73 bits per heavy atom. The van der Waals surface area contributed by atoms with Crippen molar-refractivity contribution in [3.8, 4) is 0 Å². The van der Waals surface area contributed by atoms with Gasteiger partial charge in [0.25, 0.3) is 5.91 Å². The SMILES string of the molecule is CC(=O)Nc1cc(C(=O)Nc2cccc(C(C)=O)c2)ccn1. The smallest absolute Gasteiger partial charge is 0.255 e. The van der Waals surface area contributed by atoms with Crippen molar-refractivity contribution in [2.24, 2.45) is 0 Å². The molecule has 2 N–H and O–H groups in total. The summed E-state index contributed by atoms with van der Waals surface area (Å²) >= 11 is 0. The van der Waals surface area contributed by atoms with Gasteiger partial charge in [-0.15, -0.1) is 0 Å². The summed E-state index contributed by atoms with van der Waals surface area (Å²) in [4.78, 5) is 38.5. The Bertz CT molecular complexity index is 741. The molecule has 0 saturated carbocycles. The molecule has 22 heavy (non-hydrogen) atoms. The minimum atomic E-state index is -0.352. The van der Waals surface area contributed by atoms with E-state index in [1.54, 1.807) is 24.3 Å². The summed E-state index contributed by atoms with van der Waals surface area (Å²) in [7, 11) is 0. The van der Waals surface area contributed by atoms with E-state index in [4.69, 9.17) is 0 Å². The summed E-state index contributed by atoms with van der Waals surface area (Å²) < 4.78 is 0. The van der Waals surface area contributed by atoms with E-state index in [-0.39, 0.29) is 17.6 Å². The molecule has 0 atom stereocenters. The molecule has 2 aromatic rings. The molecule has 6 nitrogen and oxygen atoms in total. The molecule has 0 spiro atoms. The quantitative estimate of drug-likeness (QED) is 0.849. The molecule has 0 fully saturated rings. The molecule has 2 amide bonds. The number of carbonyl (C=O) groups is 3. The summed E-state index contributed by atoms with van der Waals surface area (Å²) in [6.07, 6.45) is 1.44. The van der Waals surface area contributed by atoms with E-state index >= 15 is 0 Å². The van der Waals surface area contributed by atoms with Crippen LogP contribution in [0.2, 0.25) is 0 Å². The lowest BCUT2D eigenvalue weighted by atomic mass is 10.1. The molecular formula is C16H15N3O3. The number of pyridine rings is 1. The Morgan fingerprint density at radius 3 is 2.41 bits per heavy atom. The summed E-state index contributed by atoms with van der Waals surface area (Å²) in [6.45, 7) is 2.82. The highest BCUT2D eigenvalue weighted by atomic mass is 16.2. The van der Waals surface area contributed by atoms with Crippen molar-refractivity contribution in [2.45, 2.75) is 13.8 Å². The number of nitrogens with zero attached hydrogens (tertiary/aromatic N) is 1. The largest absolute Gasteiger partial charge is 0.322 e. The number of rotatable bonds is 4. The topological polar surface area (TPSA) is 88.2 Å². The van der Waals surface area contributed by atoms with Gasteiger partial charge in [-0.05, 0) is 31.2 Å². The molecule has 2 rings (SSSR count). The van der Waals surface area contributed by atoms with Crippen molar-refractivity contribution in [3.63, 3.8) is 0 Å². The minimum Gasteiger partial charge on any atom is -0.322 e. The number of anilines is 2. The Labute approximate surface area is 127 Å². The summed E-state index contributed by atoms with van der Waals surface area (Å²) in [5.74, 6) is -0.389. The molecule has 0 unspecified atom stereocenters. The highest BCUT2D eigenvalue weighted by Gasteiger charge is 2.09. The number of hydrogen-bond donors (Lipinski definition) is 2. The summed E-state index contributed by atoms with van der Waals surface area (Å²) in [5, 5.41) is 5.22. The first-order chi connectivity index (χ1) is 10.5. The summed E-state index contributed by atoms with van der Waals surface area (Å²) in [5.41, 5.74) is 1.40. The van der Waals surface area contributed by atoms with Crippen LogP contribution in [-0.2, 0) is 4.79 Å². The lowest BCUT2D eigenvalue weighted by Crippen LogP contribution is -2.14. The number of aromatic nitrogens is 1. The second-order valence-electron chi connectivity index (χ2n) is 4.70. The fourth-order valence-electron chi connectivity index (χ4n) is 1.84. The van der Waals surface area contributed by atoms with Crippen LogP contribution in [-0.4, -0.2) is 22.6 Å². The van der Waals surface area contributed by atoms with Crippen LogP contribution < -0.4 is 10.6 Å². The van der Waals surface area contributed by atoms with Crippen molar-refractivity contribution in [1.29, 1.82) is 0 Å². The van der Waals surface area contributed by atoms with E-state index in [9.17, 15) is 14.4 Å². The number of nitrogens with one attached hydrogen (secondary N) is 2. The number of amides is 2. The highest BCUT2D eigenvalue weighted by Crippen LogP contribution is 2.14. The van der Waals surface area contributed by atoms with Gasteiger partial charge in [0.2, 0.25) is 5.91 Å². The molecule has 1 heterocycles. The Kier molecular flexibility index (Phi) is 4.63. The molecule has 112 valence electrons. The molecule has 0 radical (unpaired) electrons. The van der Waals surface area contributed by atoms with Crippen LogP contribution in [0.4, 0.5) is 11.5 Å². The van der Waals surface area contributed by atoms with Crippen LogP contribution in [0.25, 0.3) is 0 Å². The number of Topliss-reactive ketones (excluding diaryl/α,β-unsaturated/α-hetero) is 1. The normalized spacial score (nSPS) is 9.91. The zero-order valence-electron chi connectivity index (χ0n) is 12.2. The third kappa shape index (κ3) is 3.99. The first-order valence-corrected chi connectivity index (χ1v) is 6.61. The van der Waals surface area contributed by atoms with Gasteiger partial charge in [0.1, 0.15) is 5.82 Å². The standard InChI is InChI=1S/C16H15N3O3/c1-10(20)12-4-3-5-14(8-12)19-16(22)13-6-7-17-15(9-13)18-11(2)21/h3-9H,1-2H3,(H,19,22)(H,17,18,21). The third-order valence-corrected chi connectivity index (χ3v) is 2.85. The van der Waals surface area contributed by atoms with Crippen LogP contribution in [0.1, 0.15) is 34.6 Å². The number of ketones is 1. The van der Waals surface area contributed by atoms with Gasteiger partial charge in [-0.25, -0.2) is 4.98 Å². The molecule has 0 aliphatic carbocycles. The highest BCUT2D eigenvalue weighted by molar-refractivity contribution is 6.05. The van der Waals surface area contributed by atoms with Gasteiger partial charge in [-0.2, -0.15) is 0 Å². The minimum absolute atomic E-state index is 0.0760. The molecule has 6 heteroatoms. The van der Waals surface area contributed by atoms with Crippen LogP contribution in [0.3, 0.4) is 0 Å². The van der Waals surface area contributed by atoms with Gasteiger partial charge in [-0.1, -0.05) is 12.1 Å². The predicted octanol–water partition coefficient (Wildman–Crippen LogP) is 2.49. The van der Waals surface area contributed by atoms with E-state index in [1.807, 2.05) is 0 Å². The molecule has 1 aromatic heterocycles. The van der Waals surface area contributed by atoms with Crippen molar-refractivity contribution in [1.82, 2.24) is 4.98 Å².